The standard InChI is InChI=1S/C21H22FN3O4.C20H20FN3O4.C17H18FN3O3.C6H15N.C4H5ClO.C3H3ClO/c1-12(2)20(27)24-7-5-23(6-8-24)18-10-17-14(9-16(18)22)19(26)15(21(28)29)11-25(17)13-3-4-13;1-2-18(25)23-7-5-22(6-8-23)17-10-16-13(9-15(17)21)19(26)14(20(27)28)11-24(16)12-3-4-12;18-13-7-11-14(8-15(13)20-5-3-19-4-6-20)21(10-1-2-10)9-12(16(11)22)17(23)24;1-4-7(5-2)6-3;1-3(2)4(5)6;1-2-3(4)5/h9-11,13H,1,3-8H2,2H3,(H,28,29);2,9-12H,1,3-8H2,(H,27,28);7-10,19H,1-6H2,(H,23,24);4-6H2,1-3H3;1H2,2H3;2H,1H2. The van der Waals surface area contributed by atoms with Gasteiger partial charge in [-0.15, -0.1) is 0 Å². The Kier molecular flexibility index (Phi) is 26.8. The van der Waals surface area contributed by atoms with Crippen LogP contribution in [0.5, 0.6) is 0 Å². The second-order valence-electron chi connectivity index (χ2n) is 24.4. The second kappa shape index (κ2) is 34.4. The third-order valence-corrected chi connectivity index (χ3v) is 18.0. The van der Waals surface area contributed by atoms with Gasteiger partial charge < -0.3 is 63.7 Å². The van der Waals surface area contributed by atoms with Gasteiger partial charge in [0.2, 0.25) is 38.6 Å². The molecule has 6 heterocycles. The highest BCUT2D eigenvalue weighted by atomic mass is 35.5. The molecule has 0 atom stereocenters. The first-order chi connectivity index (χ1) is 47.0. The molecule has 28 heteroatoms. The summed E-state index contributed by atoms with van der Waals surface area (Å²) < 4.78 is 49.8. The molecular formula is C71H83Cl2F3N10O13. The average molecular weight is 1410 g/mol. The molecule has 3 saturated heterocycles. The fourth-order valence-electron chi connectivity index (χ4n) is 11.5. The number of carboxylic acids is 3. The smallest absolute Gasteiger partial charge is 0.341 e. The molecule has 12 rings (SSSR count). The number of aromatic carboxylic acids is 3. The van der Waals surface area contributed by atoms with Gasteiger partial charge in [-0.25, -0.2) is 27.6 Å². The van der Waals surface area contributed by atoms with Crippen molar-refractivity contribution in [2.45, 2.75) is 91.3 Å². The van der Waals surface area contributed by atoms with Crippen molar-refractivity contribution in [1.29, 1.82) is 0 Å². The Balaban J connectivity index is 0.000000186. The van der Waals surface area contributed by atoms with Gasteiger partial charge in [-0.1, -0.05) is 47.1 Å². The van der Waals surface area contributed by atoms with Crippen LogP contribution < -0.4 is 36.3 Å². The zero-order valence-electron chi connectivity index (χ0n) is 56.1. The van der Waals surface area contributed by atoms with E-state index in [9.17, 15) is 76.4 Å². The van der Waals surface area contributed by atoms with Crippen LogP contribution >= 0.6 is 23.2 Å². The molecule has 3 aliphatic heterocycles. The zero-order valence-corrected chi connectivity index (χ0v) is 57.6. The number of halogens is 5. The second-order valence-corrected chi connectivity index (χ2v) is 25.1. The third-order valence-electron chi connectivity index (χ3n) is 17.5. The molecular weight excluding hydrogens is 1330 g/mol. The predicted molar refractivity (Wildman–Crippen MR) is 378 cm³/mol. The zero-order chi connectivity index (χ0) is 72.9. The number of fused-ring (bicyclic) bond motifs is 3. The number of rotatable bonds is 16. The monoisotopic (exact) mass is 1410 g/mol. The quantitative estimate of drug-likeness (QED) is 0.0518. The van der Waals surface area contributed by atoms with Gasteiger partial charge in [0.25, 0.3) is 0 Å². The fourth-order valence-corrected chi connectivity index (χ4v) is 11.5. The molecule has 0 bridgehead atoms. The first kappa shape index (κ1) is 77.0. The van der Waals surface area contributed by atoms with Gasteiger partial charge >= 0.3 is 17.9 Å². The van der Waals surface area contributed by atoms with Gasteiger partial charge in [0, 0.05) is 143 Å². The van der Waals surface area contributed by atoms with E-state index in [0.29, 0.717) is 110 Å². The number of pyridine rings is 3. The SMILES string of the molecule is C=C(C)C(=O)Cl.C=C(C)C(=O)N1CCN(c2cc3c(cc2F)c(=O)c(C(=O)O)cn3C2CC2)CC1.C=CC(=O)Cl.C=CC(=O)N1CCN(c2cc3c(cc2F)c(=O)c(C(=O)O)cn3C2CC2)CC1.CCN(CC)CC.O=C(O)c1cn(C2CC2)c2cc(N3CCNCC3)c(F)cc2c1=O. The van der Waals surface area contributed by atoms with Crippen LogP contribution in [0.3, 0.4) is 0 Å². The van der Waals surface area contributed by atoms with Crippen molar-refractivity contribution in [3.8, 4) is 0 Å². The molecule has 2 amide bonds. The van der Waals surface area contributed by atoms with Gasteiger partial charge in [-0.3, -0.25) is 33.6 Å². The molecule has 6 aromatic rings. The van der Waals surface area contributed by atoms with Crippen LogP contribution in [0.4, 0.5) is 30.2 Å². The van der Waals surface area contributed by atoms with E-state index in [4.69, 9.17) is 23.2 Å². The summed E-state index contributed by atoms with van der Waals surface area (Å²) in [4.78, 5) is 126. The van der Waals surface area contributed by atoms with E-state index in [1.165, 1.54) is 50.4 Å². The molecule has 3 saturated carbocycles. The molecule has 0 radical (unpaired) electrons. The minimum absolute atomic E-state index is 0.0773. The van der Waals surface area contributed by atoms with Crippen molar-refractivity contribution in [2.75, 3.05) is 113 Å². The highest BCUT2D eigenvalue weighted by molar-refractivity contribution is 6.67. The van der Waals surface area contributed by atoms with Crippen molar-refractivity contribution in [3.05, 3.63) is 169 Å². The first-order valence-corrected chi connectivity index (χ1v) is 33.3. The molecule has 3 aromatic carbocycles. The Morgan fingerprint density at radius 3 is 1.03 bits per heavy atom. The molecule has 6 aliphatic rings. The van der Waals surface area contributed by atoms with Crippen LogP contribution in [-0.4, -0.2) is 182 Å². The summed E-state index contributed by atoms with van der Waals surface area (Å²) in [6, 6.07) is 8.87. The molecule has 530 valence electrons. The van der Waals surface area contributed by atoms with E-state index in [1.54, 1.807) is 51.0 Å². The Labute approximate surface area is 579 Å². The van der Waals surface area contributed by atoms with Crippen LogP contribution in [0.25, 0.3) is 32.7 Å². The molecule has 4 N–H and O–H groups in total. The number of carbonyl (C=O) groups excluding carboxylic acids is 4. The molecule has 23 nitrogen and oxygen atoms in total. The lowest BCUT2D eigenvalue weighted by Crippen LogP contribution is -2.49. The Morgan fingerprint density at radius 1 is 0.505 bits per heavy atom. The van der Waals surface area contributed by atoms with Gasteiger partial charge in [0.15, 0.2) is 0 Å². The van der Waals surface area contributed by atoms with Crippen LogP contribution in [0.2, 0.25) is 0 Å². The first-order valence-electron chi connectivity index (χ1n) is 32.6. The number of aromatic nitrogens is 3. The summed E-state index contributed by atoms with van der Waals surface area (Å²) in [6.45, 7) is 33.5. The number of anilines is 3. The van der Waals surface area contributed by atoms with E-state index in [1.807, 2.05) is 19.3 Å². The predicted octanol–water partition coefficient (Wildman–Crippen LogP) is 9.60. The molecule has 3 aromatic heterocycles. The third kappa shape index (κ3) is 19.3. The van der Waals surface area contributed by atoms with E-state index in [2.05, 4.69) is 57.3 Å². The minimum Gasteiger partial charge on any atom is -0.477 e. The summed E-state index contributed by atoms with van der Waals surface area (Å²) in [5, 5.41) is 30.5. The van der Waals surface area contributed by atoms with Gasteiger partial charge in [-0.2, -0.15) is 0 Å². The van der Waals surface area contributed by atoms with E-state index >= 15 is 0 Å². The molecule has 99 heavy (non-hydrogen) atoms. The fraction of sp³-hybridized carbons (Fsp3) is 0.408. The Bertz CT molecular complexity index is 4310. The number of allylic oxidation sites excluding steroid dienone is 2. The molecule has 0 spiro atoms. The molecule has 3 aliphatic carbocycles. The van der Waals surface area contributed by atoms with Crippen molar-refractivity contribution in [3.63, 3.8) is 0 Å². The molecule has 6 fully saturated rings. The number of carbonyl (C=O) groups is 7. The van der Waals surface area contributed by atoms with Crippen LogP contribution in [0.15, 0.2) is 119 Å². The number of hydrogen-bond donors (Lipinski definition) is 4. The lowest BCUT2D eigenvalue weighted by Gasteiger charge is -2.36. The number of hydrogen-bond acceptors (Lipinski definition) is 15. The van der Waals surface area contributed by atoms with Gasteiger partial charge in [-0.05, 0) is 144 Å². The molecule has 0 unspecified atom stereocenters. The number of amides is 2. The maximum absolute atomic E-state index is 14.9. The van der Waals surface area contributed by atoms with Gasteiger partial charge in [0.05, 0.1) is 33.6 Å². The summed E-state index contributed by atoms with van der Waals surface area (Å²) in [5.74, 6) is -5.77. The number of carboxylic acid groups (broad SMARTS) is 3. The largest absolute Gasteiger partial charge is 0.477 e. The summed E-state index contributed by atoms with van der Waals surface area (Å²) in [5.41, 5.74) is 0.774. The average Bonchev–Trinajstić information content (AvgIpc) is 1.17. The van der Waals surface area contributed by atoms with Crippen molar-refractivity contribution in [1.82, 2.24) is 33.7 Å². The van der Waals surface area contributed by atoms with Crippen LogP contribution in [0.1, 0.15) is 122 Å². The van der Waals surface area contributed by atoms with Crippen molar-refractivity contribution in [2.24, 2.45) is 0 Å². The number of benzene rings is 3. The van der Waals surface area contributed by atoms with Gasteiger partial charge in [0.1, 0.15) is 34.1 Å². The van der Waals surface area contributed by atoms with Crippen LogP contribution in [0, 0.1) is 17.5 Å². The highest BCUT2D eigenvalue weighted by Gasteiger charge is 2.33. The highest BCUT2D eigenvalue weighted by Crippen LogP contribution is 2.41. The number of piperazine rings is 3. The van der Waals surface area contributed by atoms with Crippen molar-refractivity contribution < 1.29 is 62.1 Å². The lowest BCUT2D eigenvalue weighted by molar-refractivity contribution is -0.127. The Hall–Kier alpha value is -9.37. The van der Waals surface area contributed by atoms with Crippen LogP contribution in [-0.2, 0) is 19.2 Å². The summed E-state index contributed by atoms with van der Waals surface area (Å²) in [7, 11) is 0. The normalized spacial score (nSPS) is 15.7. The van der Waals surface area contributed by atoms with E-state index in [0.717, 1.165) is 69.8 Å². The minimum atomic E-state index is -1.31. The number of nitrogens with one attached hydrogen (secondary N) is 1. The number of nitrogens with zero attached hydrogens (tertiary/aromatic N) is 9. The maximum atomic E-state index is 14.9. The van der Waals surface area contributed by atoms with E-state index < -0.39 is 62.1 Å². The summed E-state index contributed by atoms with van der Waals surface area (Å²) in [6.07, 6.45) is 11.9. The van der Waals surface area contributed by atoms with Crippen molar-refractivity contribution >= 4 is 113 Å². The topological polar surface area (TPSA) is 278 Å². The summed E-state index contributed by atoms with van der Waals surface area (Å²) >= 11 is 9.58. The maximum Gasteiger partial charge on any atom is 0.341 e. The van der Waals surface area contributed by atoms with E-state index in [-0.39, 0.29) is 62.8 Å². The Morgan fingerprint density at radius 2 is 0.798 bits per heavy atom. The lowest BCUT2D eigenvalue weighted by atomic mass is 10.1.